The van der Waals surface area contributed by atoms with E-state index in [1.54, 1.807) is 41.2 Å². The molecule has 3 rings (SSSR count). The highest BCUT2D eigenvalue weighted by atomic mass is 16.5. The van der Waals surface area contributed by atoms with Gasteiger partial charge in [-0.05, 0) is 30.7 Å². The van der Waals surface area contributed by atoms with E-state index < -0.39 is 0 Å². The molecule has 0 aliphatic carbocycles. The van der Waals surface area contributed by atoms with Gasteiger partial charge >= 0.3 is 0 Å². The maximum atomic E-state index is 12.5. The van der Waals surface area contributed by atoms with Gasteiger partial charge in [0.15, 0.2) is 23.9 Å². The Balaban J connectivity index is 1.53. The van der Waals surface area contributed by atoms with Gasteiger partial charge in [-0.3, -0.25) is 9.59 Å². The van der Waals surface area contributed by atoms with E-state index in [4.69, 9.17) is 13.9 Å². The third-order valence-electron chi connectivity index (χ3n) is 4.29. The van der Waals surface area contributed by atoms with Crippen LogP contribution < -0.4 is 9.47 Å². The molecule has 7 heteroatoms. The quantitative estimate of drug-likeness (QED) is 0.818. The molecular weight excluding hydrogens is 336 g/mol. The van der Waals surface area contributed by atoms with E-state index >= 15 is 0 Å². The molecule has 1 aliphatic rings. The zero-order valence-electron chi connectivity index (χ0n) is 14.7. The molecule has 0 unspecified atom stereocenters. The van der Waals surface area contributed by atoms with Gasteiger partial charge in [0.2, 0.25) is 0 Å². The SMILES string of the molecule is COc1ccccc1OCC(=O)N1CCCN(C(=O)c2ccco2)CC1. The number of ether oxygens (including phenoxy) is 2. The standard InChI is InChI=1S/C19H22N2O5/c1-24-15-6-2-3-7-16(15)26-14-18(22)20-9-5-10-21(12-11-20)19(23)17-8-4-13-25-17/h2-4,6-8,13H,5,9-12,14H2,1H3. The predicted octanol–water partition coefficient (Wildman–Crippen LogP) is 2.04. The summed E-state index contributed by atoms with van der Waals surface area (Å²) in [4.78, 5) is 28.3. The van der Waals surface area contributed by atoms with Crippen molar-refractivity contribution in [3.8, 4) is 11.5 Å². The summed E-state index contributed by atoms with van der Waals surface area (Å²) in [5.74, 6) is 1.20. The Bertz CT molecular complexity index is 744. The molecule has 2 amide bonds. The number of carbonyl (C=O) groups is 2. The number of benzene rings is 1. The summed E-state index contributed by atoms with van der Waals surface area (Å²) in [6, 6.07) is 10.6. The first-order valence-electron chi connectivity index (χ1n) is 8.55. The van der Waals surface area contributed by atoms with Crippen molar-refractivity contribution >= 4 is 11.8 Å². The Morgan fingerprint density at radius 2 is 1.73 bits per heavy atom. The summed E-state index contributed by atoms with van der Waals surface area (Å²) in [6.45, 7) is 2.07. The lowest BCUT2D eigenvalue weighted by Gasteiger charge is -2.22. The second-order valence-corrected chi connectivity index (χ2v) is 5.94. The van der Waals surface area contributed by atoms with E-state index in [0.29, 0.717) is 49.9 Å². The van der Waals surface area contributed by atoms with E-state index in [1.165, 1.54) is 6.26 Å². The monoisotopic (exact) mass is 358 g/mol. The van der Waals surface area contributed by atoms with Crippen molar-refractivity contribution in [2.75, 3.05) is 39.9 Å². The number of rotatable bonds is 5. The first kappa shape index (κ1) is 17.8. The first-order valence-corrected chi connectivity index (χ1v) is 8.55. The second kappa shape index (κ2) is 8.42. The minimum Gasteiger partial charge on any atom is -0.493 e. The van der Waals surface area contributed by atoms with Gasteiger partial charge in [0.1, 0.15) is 0 Å². The summed E-state index contributed by atoms with van der Waals surface area (Å²) in [5.41, 5.74) is 0. The Morgan fingerprint density at radius 1 is 1.00 bits per heavy atom. The van der Waals surface area contributed by atoms with Crippen molar-refractivity contribution in [1.29, 1.82) is 0 Å². The zero-order chi connectivity index (χ0) is 18.4. The van der Waals surface area contributed by atoms with E-state index in [-0.39, 0.29) is 18.4 Å². The fourth-order valence-corrected chi connectivity index (χ4v) is 2.89. The van der Waals surface area contributed by atoms with Crippen LogP contribution in [0.4, 0.5) is 0 Å². The van der Waals surface area contributed by atoms with Crippen molar-refractivity contribution < 1.29 is 23.5 Å². The summed E-state index contributed by atoms with van der Waals surface area (Å²) in [6.07, 6.45) is 2.20. The zero-order valence-corrected chi connectivity index (χ0v) is 14.7. The van der Waals surface area contributed by atoms with E-state index in [1.807, 2.05) is 12.1 Å². The number of nitrogens with zero attached hydrogens (tertiary/aromatic N) is 2. The Kier molecular flexibility index (Phi) is 5.78. The number of para-hydroxylation sites is 2. The van der Waals surface area contributed by atoms with Gasteiger partial charge < -0.3 is 23.7 Å². The van der Waals surface area contributed by atoms with E-state index in [0.717, 1.165) is 0 Å². The van der Waals surface area contributed by atoms with Crippen LogP contribution in [0, 0.1) is 0 Å². The molecule has 2 heterocycles. The van der Waals surface area contributed by atoms with Crippen LogP contribution in [0.25, 0.3) is 0 Å². The lowest BCUT2D eigenvalue weighted by atomic mass is 10.3. The van der Waals surface area contributed by atoms with Crippen LogP contribution in [-0.4, -0.2) is 61.5 Å². The third kappa shape index (κ3) is 4.17. The van der Waals surface area contributed by atoms with Crippen LogP contribution in [0.15, 0.2) is 47.1 Å². The number of furan rings is 1. The topological polar surface area (TPSA) is 72.2 Å². The van der Waals surface area contributed by atoms with Crippen LogP contribution in [0.2, 0.25) is 0 Å². The van der Waals surface area contributed by atoms with Gasteiger partial charge in [0, 0.05) is 26.2 Å². The fourth-order valence-electron chi connectivity index (χ4n) is 2.89. The van der Waals surface area contributed by atoms with E-state index in [2.05, 4.69) is 0 Å². The highest BCUT2D eigenvalue weighted by molar-refractivity contribution is 5.91. The summed E-state index contributed by atoms with van der Waals surface area (Å²) in [5, 5.41) is 0. The van der Waals surface area contributed by atoms with Crippen LogP contribution in [0.3, 0.4) is 0 Å². The van der Waals surface area contributed by atoms with Crippen molar-refractivity contribution in [2.45, 2.75) is 6.42 Å². The molecule has 138 valence electrons. The first-order chi connectivity index (χ1) is 12.7. The lowest BCUT2D eigenvalue weighted by Crippen LogP contribution is -2.39. The van der Waals surface area contributed by atoms with Gasteiger partial charge in [-0.15, -0.1) is 0 Å². The average Bonchev–Trinajstić information content (AvgIpc) is 3.10. The number of methoxy groups -OCH3 is 1. The Hall–Kier alpha value is -2.96. The van der Waals surface area contributed by atoms with Crippen LogP contribution >= 0.6 is 0 Å². The molecule has 0 N–H and O–H groups in total. The molecule has 2 aromatic rings. The van der Waals surface area contributed by atoms with Crippen molar-refractivity contribution in [1.82, 2.24) is 9.80 Å². The molecule has 26 heavy (non-hydrogen) atoms. The van der Waals surface area contributed by atoms with Gasteiger partial charge in [0.05, 0.1) is 13.4 Å². The van der Waals surface area contributed by atoms with Gasteiger partial charge in [-0.25, -0.2) is 0 Å². The molecule has 1 fully saturated rings. The Labute approximate surface area is 152 Å². The fraction of sp³-hybridized carbons (Fsp3) is 0.368. The van der Waals surface area contributed by atoms with Crippen molar-refractivity contribution in [3.63, 3.8) is 0 Å². The highest BCUT2D eigenvalue weighted by Crippen LogP contribution is 2.25. The molecule has 7 nitrogen and oxygen atoms in total. The normalized spacial score (nSPS) is 14.7. The molecular formula is C19H22N2O5. The molecule has 0 bridgehead atoms. The average molecular weight is 358 g/mol. The summed E-state index contributed by atoms with van der Waals surface area (Å²) < 4.78 is 16.0. The van der Waals surface area contributed by atoms with E-state index in [9.17, 15) is 9.59 Å². The molecule has 1 aliphatic heterocycles. The van der Waals surface area contributed by atoms with Crippen LogP contribution in [0.1, 0.15) is 17.0 Å². The Morgan fingerprint density at radius 3 is 2.46 bits per heavy atom. The minimum atomic E-state index is -0.144. The molecule has 1 aromatic heterocycles. The smallest absolute Gasteiger partial charge is 0.289 e. The minimum absolute atomic E-state index is 0.0630. The number of amides is 2. The van der Waals surface area contributed by atoms with Gasteiger partial charge in [0.25, 0.3) is 11.8 Å². The maximum Gasteiger partial charge on any atom is 0.289 e. The van der Waals surface area contributed by atoms with Crippen molar-refractivity contribution in [3.05, 3.63) is 48.4 Å². The van der Waals surface area contributed by atoms with Gasteiger partial charge in [-0.1, -0.05) is 12.1 Å². The molecule has 0 spiro atoms. The van der Waals surface area contributed by atoms with Crippen LogP contribution in [0.5, 0.6) is 11.5 Å². The largest absolute Gasteiger partial charge is 0.493 e. The molecule has 0 saturated carbocycles. The predicted molar refractivity (Wildman–Crippen MR) is 94.3 cm³/mol. The molecule has 1 saturated heterocycles. The molecule has 0 atom stereocenters. The summed E-state index contributed by atoms with van der Waals surface area (Å²) in [7, 11) is 1.56. The third-order valence-corrected chi connectivity index (χ3v) is 4.29. The highest BCUT2D eigenvalue weighted by Gasteiger charge is 2.24. The second-order valence-electron chi connectivity index (χ2n) is 5.94. The number of carbonyl (C=O) groups excluding carboxylic acids is 2. The van der Waals surface area contributed by atoms with Crippen molar-refractivity contribution in [2.24, 2.45) is 0 Å². The molecule has 0 radical (unpaired) electrons. The summed E-state index contributed by atoms with van der Waals surface area (Å²) >= 11 is 0. The van der Waals surface area contributed by atoms with Crippen LogP contribution in [-0.2, 0) is 4.79 Å². The number of hydrogen-bond acceptors (Lipinski definition) is 5. The lowest BCUT2D eigenvalue weighted by molar-refractivity contribution is -0.133. The van der Waals surface area contributed by atoms with Gasteiger partial charge in [-0.2, -0.15) is 0 Å². The number of hydrogen-bond donors (Lipinski definition) is 0. The maximum absolute atomic E-state index is 12.5. The molecule has 1 aromatic carbocycles.